The maximum absolute atomic E-state index is 12.3. The number of nitrogens with one attached hydrogen (secondary N) is 1. The highest BCUT2D eigenvalue weighted by Crippen LogP contribution is 2.23. The summed E-state index contributed by atoms with van der Waals surface area (Å²) in [5, 5.41) is 15.1. The van der Waals surface area contributed by atoms with Crippen LogP contribution in [-0.2, 0) is 4.79 Å². The summed E-state index contributed by atoms with van der Waals surface area (Å²) in [5.74, 6) is 0.528. The fraction of sp³-hybridized carbons (Fsp3) is 0.143. The molecular formula is C21H19N5O2. The summed E-state index contributed by atoms with van der Waals surface area (Å²) in [7, 11) is 0. The second-order valence-corrected chi connectivity index (χ2v) is 6.49. The predicted molar refractivity (Wildman–Crippen MR) is 106 cm³/mol. The average Bonchev–Trinajstić information content (AvgIpc) is 3.15. The summed E-state index contributed by atoms with van der Waals surface area (Å²) in [4.78, 5) is 12.3. The lowest BCUT2D eigenvalue weighted by Crippen LogP contribution is -2.20. The van der Waals surface area contributed by atoms with Gasteiger partial charge in [0.25, 0.3) is 5.91 Å². The number of ether oxygens (including phenoxy) is 1. The second kappa shape index (κ2) is 7.48. The van der Waals surface area contributed by atoms with E-state index in [1.807, 2.05) is 68.4 Å². The number of aromatic nitrogens is 4. The van der Waals surface area contributed by atoms with Gasteiger partial charge in [0.15, 0.2) is 12.3 Å². The van der Waals surface area contributed by atoms with Gasteiger partial charge in [-0.1, -0.05) is 30.3 Å². The van der Waals surface area contributed by atoms with E-state index in [4.69, 9.17) is 4.74 Å². The van der Waals surface area contributed by atoms with Crippen molar-refractivity contribution in [2.45, 2.75) is 13.8 Å². The lowest BCUT2D eigenvalue weighted by atomic mass is 10.1. The maximum Gasteiger partial charge on any atom is 0.262 e. The molecule has 2 heterocycles. The van der Waals surface area contributed by atoms with Crippen molar-refractivity contribution >= 4 is 17.2 Å². The summed E-state index contributed by atoms with van der Waals surface area (Å²) in [6.07, 6.45) is 1.55. The van der Waals surface area contributed by atoms with Crippen LogP contribution in [0, 0.1) is 13.8 Å². The van der Waals surface area contributed by atoms with Crippen molar-refractivity contribution in [3.05, 3.63) is 72.1 Å². The molecule has 2 aromatic heterocycles. The molecule has 0 radical (unpaired) electrons. The number of nitrogens with zero attached hydrogens (tertiary/aromatic N) is 4. The van der Waals surface area contributed by atoms with E-state index in [0.29, 0.717) is 11.3 Å². The number of aryl methyl sites for hydroxylation is 2. The quantitative estimate of drug-likeness (QED) is 0.580. The molecule has 0 fully saturated rings. The lowest BCUT2D eigenvalue weighted by Gasteiger charge is -2.12. The number of fused-ring (bicyclic) bond motifs is 1. The van der Waals surface area contributed by atoms with Crippen LogP contribution in [0.1, 0.15) is 11.1 Å². The molecule has 4 rings (SSSR count). The molecular weight excluding hydrogens is 354 g/mol. The zero-order valence-corrected chi connectivity index (χ0v) is 15.6. The van der Waals surface area contributed by atoms with Crippen LogP contribution in [0.5, 0.6) is 5.75 Å². The van der Waals surface area contributed by atoms with Crippen LogP contribution in [0.2, 0.25) is 0 Å². The zero-order valence-electron chi connectivity index (χ0n) is 15.6. The fourth-order valence-electron chi connectivity index (χ4n) is 3.00. The third-order valence-electron chi connectivity index (χ3n) is 4.36. The summed E-state index contributed by atoms with van der Waals surface area (Å²) in [5.41, 5.74) is 5.00. The molecule has 1 amide bonds. The van der Waals surface area contributed by atoms with Crippen molar-refractivity contribution in [3.8, 4) is 17.0 Å². The van der Waals surface area contributed by atoms with Crippen molar-refractivity contribution in [1.29, 1.82) is 0 Å². The number of benzene rings is 2. The number of anilines is 1. The summed E-state index contributed by atoms with van der Waals surface area (Å²) >= 11 is 0. The van der Waals surface area contributed by atoms with E-state index in [0.717, 1.165) is 28.1 Å². The van der Waals surface area contributed by atoms with Gasteiger partial charge in [-0.25, -0.2) is 0 Å². The highest BCUT2D eigenvalue weighted by atomic mass is 16.5. The number of rotatable bonds is 5. The van der Waals surface area contributed by atoms with Crippen LogP contribution < -0.4 is 10.1 Å². The third-order valence-corrected chi connectivity index (χ3v) is 4.36. The van der Waals surface area contributed by atoms with E-state index < -0.39 is 0 Å². The molecule has 0 saturated heterocycles. The Balaban J connectivity index is 1.46. The molecule has 0 aliphatic rings. The van der Waals surface area contributed by atoms with E-state index in [2.05, 4.69) is 20.6 Å². The second-order valence-electron chi connectivity index (χ2n) is 6.49. The zero-order chi connectivity index (χ0) is 19.5. The Morgan fingerprint density at radius 1 is 1.07 bits per heavy atom. The summed E-state index contributed by atoms with van der Waals surface area (Å²) < 4.78 is 7.32. The standard InChI is InChI=1S/C21H19N5O2/c1-14-5-3-6-15(2)21(14)28-12-20(27)23-17-8-4-7-16(11-17)18-9-10-19-24-22-13-26(19)25-18/h3-11,13H,12H2,1-2H3,(H,23,27). The SMILES string of the molecule is Cc1cccc(C)c1OCC(=O)Nc1cccc(-c2ccc3nncn3n2)c1. The summed E-state index contributed by atoms with van der Waals surface area (Å²) in [6.45, 7) is 3.87. The first-order valence-electron chi connectivity index (χ1n) is 8.86. The Hall–Kier alpha value is -3.74. The van der Waals surface area contributed by atoms with Gasteiger partial charge < -0.3 is 10.1 Å². The number of hydrogen-bond donors (Lipinski definition) is 1. The number of hydrogen-bond acceptors (Lipinski definition) is 5. The van der Waals surface area contributed by atoms with Gasteiger partial charge >= 0.3 is 0 Å². The number of carbonyl (C=O) groups excluding carboxylic acids is 1. The fourth-order valence-corrected chi connectivity index (χ4v) is 3.00. The first-order valence-corrected chi connectivity index (χ1v) is 8.86. The number of amides is 1. The van der Waals surface area contributed by atoms with Crippen LogP contribution in [-0.4, -0.2) is 32.3 Å². The molecule has 0 aliphatic heterocycles. The molecule has 0 spiro atoms. The molecule has 0 saturated carbocycles. The van der Waals surface area contributed by atoms with Crippen molar-refractivity contribution < 1.29 is 9.53 Å². The van der Waals surface area contributed by atoms with E-state index in [-0.39, 0.29) is 12.5 Å². The minimum absolute atomic E-state index is 0.0547. The average molecular weight is 373 g/mol. The highest BCUT2D eigenvalue weighted by molar-refractivity contribution is 5.92. The molecule has 7 nitrogen and oxygen atoms in total. The molecule has 0 atom stereocenters. The normalized spacial score (nSPS) is 10.8. The van der Waals surface area contributed by atoms with Crippen LogP contribution in [0.15, 0.2) is 60.9 Å². The first-order chi connectivity index (χ1) is 13.6. The highest BCUT2D eigenvalue weighted by Gasteiger charge is 2.09. The molecule has 0 aliphatic carbocycles. The van der Waals surface area contributed by atoms with Gasteiger partial charge in [0, 0.05) is 11.3 Å². The molecule has 28 heavy (non-hydrogen) atoms. The van der Waals surface area contributed by atoms with Gasteiger partial charge in [-0.05, 0) is 49.2 Å². The monoisotopic (exact) mass is 373 g/mol. The predicted octanol–water partition coefficient (Wildman–Crippen LogP) is 3.43. The van der Waals surface area contributed by atoms with Gasteiger partial charge in [0.05, 0.1) is 5.69 Å². The van der Waals surface area contributed by atoms with Gasteiger partial charge in [0.1, 0.15) is 12.1 Å². The van der Waals surface area contributed by atoms with Crippen LogP contribution in [0.4, 0.5) is 5.69 Å². The molecule has 4 aromatic rings. The Bertz CT molecular complexity index is 1130. The van der Waals surface area contributed by atoms with E-state index >= 15 is 0 Å². The molecule has 0 unspecified atom stereocenters. The van der Waals surface area contributed by atoms with Crippen LogP contribution in [0.3, 0.4) is 0 Å². The van der Waals surface area contributed by atoms with Crippen LogP contribution >= 0.6 is 0 Å². The van der Waals surface area contributed by atoms with Gasteiger partial charge in [-0.2, -0.15) is 9.61 Å². The van der Waals surface area contributed by atoms with Crippen molar-refractivity contribution in [2.75, 3.05) is 11.9 Å². The first kappa shape index (κ1) is 17.7. The van der Waals surface area contributed by atoms with Crippen molar-refractivity contribution in [2.24, 2.45) is 0 Å². The molecule has 140 valence electrons. The Labute approximate surface area is 162 Å². The molecule has 0 bridgehead atoms. The van der Waals surface area contributed by atoms with Gasteiger partial charge in [-0.15, -0.1) is 10.2 Å². The Morgan fingerprint density at radius 2 is 1.86 bits per heavy atom. The minimum atomic E-state index is -0.220. The maximum atomic E-state index is 12.3. The number of para-hydroxylation sites is 1. The minimum Gasteiger partial charge on any atom is -0.483 e. The lowest BCUT2D eigenvalue weighted by molar-refractivity contribution is -0.118. The molecule has 2 aromatic carbocycles. The summed E-state index contributed by atoms with van der Waals surface area (Å²) in [6, 6.07) is 17.1. The molecule has 1 N–H and O–H groups in total. The van der Waals surface area contributed by atoms with E-state index in [1.165, 1.54) is 0 Å². The van der Waals surface area contributed by atoms with Crippen molar-refractivity contribution in [3.63, 3.8) is 0 Å². The smallest absolute Gasteiger partial charge is 0.262 e. The van der Waals surface area contributed by atoms with Crippen LogP contribution in [0.25, 0.3) is 16.9 Å². The van der Waals surface area contributed by atoms with E-state index in [1.54, 1.807) is 10.8 Å². The topological polar surface area (TPSA) is 81.4 Å². The molecule has 7 heteroatoms. The van der Waals surface area contributed by atoms with Gasteiger partial charge in [-0.3, -0.25) is 4.79 Å². The largest absolute Gasteiger partial charge is 0.483 e. The van der Waals surface area contributed by atoms with E-state index in [9.17, 15) is 4.79 Å². The third kappa shape index (κ3) is 3.68. The van der Waals surface area contributed by atoms with Gasteiger partial charge in [0.2, 0.25) is 0 Å². The Kier molecular flexibility index (Phi) is 4.72. The number of carbonyl (C=O) groups is 1. The van der Waals surface area contributed by atoms with Crippen molar-refractivity contribution in [1.82, 2.24) is 19.8 Å². The Morgan fingerprint density at radius 3 is 2.68 bits per heavy atom.